The lowest BCUT2D eigenvalue weighted by atomic mass is 10.0. The van der Waals surface area contributed by atoms with E-state index < -0.39 is 23.0 Å². The minimum Gasteiger partial charge on any atom is -0.497 e. The SMILES string of the molecule is COc1ccc(/C=C/c2cc(OC)cc(OCc3ccc(OC(C)(C)C(=O)NC(C)(C)C(=O)O)cc3)c2)cc1. The largest absolute Gasteiger partial charge is 0.497 e. The highest BCUT2D eigenvalue weighted by molar-refractivity contribution is 5.90. The molecule has 2 N–H and O–H groups in total. The van der Waals surface area contributed by atoms with Crippen LogP contribution in [0.4, 0.5) is 0 Å². The van der Waals surface area contributed by atoms with Crippen LogP contribution in [0.5, 0.6) is 23.0 Å². The third-order valence-electron chi connectivity index (χ3n) is 5.93. The molecule has 0 atom stereocenters. The second kappa shape index (κ2) is 12.4. The van der Waals surface area contributed by atoms with Gasteiger partial charge in [-0.1, -0.05) is 36.4 Å². The van der Waals surface area contributed by atoms with E-state index in [0.717, 1.165) is 22.4 Å². The number of amides is 1. The molecule has 0 heterocycles. The van der Waals surface area contributed by atoms with Crippen molar-refractivity contribution in [3.63, 3.8) is 0 Å². The van der Waals surface area contributed by atoms with Gasteiger partial charge < -0.3 is 29.4 Å². The summed E-state index contributed by atoms with van der Waals surface area (Å²) in [6, 6.07) is 20.6. The molecule has 0 unspecified atom stereocenters. The molecule has 39 heavy (non-hydrogen) atoms. The van der Waals surface area contributed by atoms with Crippen molar-refractivity contribution in [3.8, 4) is 23.0 Å². The Hall–Kier alpha value is -4.46. The Labute approximate surface area is 229 Å². The number of nitrogens with one attached hydrogen (secondary N) is 1. The van der Waals surface area contributed by atoms with Crippen LogP contribution in [0.25, 0.3) is 12.2 Å². The smallest absolute Gasteiger partial charge is 0.328 e. The van der Waals surface area contributed by atoms with Crippen LogP contribution in [0.3, 0.4) is 0 Å². The minimum atomic E-state index is -1.41. The maximum absolute atomic E-state index is 12.6. The number of carboxylic acids is 1. The normalized spacial score (nSPS) is 11.6. The molecule has 0 aliphatic carbocycles. The number of methoxy groups -OCH3 is 2. The van der Waals surface area contributed by atoms with E-state index in [9.17, 15) is 14.7 Å². The van der Waals surface area contributed by atoms with Gasteiger partial charge in [-0.15, -0.1) is 0 Å². The van der Waals surface area contributed by atoms with Crippen molar-refractivity contribution in [1.29, 1.82) is 0 Å². The van der Waals surface area contributed by atoms with Crippen LogP contribution >= 0.6 is 0 Å². The lowest BCUT2D eigenvalue weighted by molar-refractivity contribution is -0.149. The van der Waals surface area contributed by atoms with E-state index in [0.29, 0.717) is 23.9 Å². The Bertz CT molecular complexity index is 1310. The predicted molar refractivity (Wildman–Crippen MR) is 150 cm³/mol. The topological polar surface area (TPSA) is 103 Å². The monoisotopic (exact) mass is 533 g/mol. The van der Waals surface area contributed by atoms with Crippen molar-refractivity contribution >= 4 is 24.0 Å². The van der Waals surface area contributed by atoms with Crippen LogP contribution in [-0.4, -0.2) is 42.3 Å². The first kappa shape index (κ1) is 29.1. The Morgan fingerprint density at radius 3 is 1.92 bits per heavy atom. The number of benzene rings is 3. The van der Waals surface area contributed by atoms with Crippen molar-refractivity contribution in [1.82, 2.24) is 5.32 Å². The molecule has 0 bridgehead atoms. The Morgan fingerprint density at radius 2 is 1.33 bits per heavy atom. The Balaban J connectivity index is 1.63. The molecule has 0 aliphatic heterocycles. The molecule has 0 saturated carbocycles. The van der Waals surface area contributed by atoms with Gasteiger partial charge >= 0.3 is 5.97 Å². The van der Waals surface area contributed by atoms with Crippen LogP contribution in [-0.2, 0) is 16.2 Å². The third-order valence-corrected chi connectivity index (χ3v) is 5.93. The molecule has 3 aromatic carbocycles. The molecule has 1 amide bonds. The van der Waals surface area contributed by atoms with Gasteiger partial charge in [-0.05, 0) is 80.8 Å². The molecule has 0 saturated heterocycles. The Morgan fingerprint density at radius 1 is 0.769 bits per heavy atom. The number of carbonyl (C=O) groups is 2. The first-order chi connectivity index (χ1) is 18.4. The van der Waals surface area contributed by atoms with E-state index in [4.69, 9.17) is 18.9 Å². The summed E-state index contributed by atoms with van der Waals surface area (Å²) < 4.78 is 22.5. The van der Waals surface area contributed by atoms with Crippen molar-refractivity contribution in [2.45, 2.75) is 45.4 Å². The highest BCUT2D eigenvalue weighted by Crippen LogP contribution is 2.26. The van der Waals surface area contributed by atoms with Gasteiger partial charge in [0.1, 0.15) is 35.1 Å². The average Bonchev–Trinajstić information content (AvgIpc) is 2.91. The molecule has 3 rings (SSSR count). The molecule has 0 aliphatic rings. The molecule has 0 radical (unpaired) electrons. The fraction of sp³-hybridized carbons (Fsp3) is 0.290. The number of ether oxygens (including phenoxy) is 4. The van der Waals surface area contributed by atoms with Gasteiger partial charge in [-0.2, -0.15) is 0 Å². The van der Waals surface area contributed by atoms with Crippen LogP contribution in [0.1, 0.15) is 44.4 Å². The van der Waals surface area contributed by atoms with Crippen molar-refractivity contribution in [3.05, 3.63) is 83.4 Å². The molecular weight excluding hydrogens is 498 g/mol. The molecule has 8 nitrogen and oxygen atoms in total. The van der Waals surface area contributed by atoms with E-state index >= 15 is 0 Å². The van der Waals surface area contributed by atoms with E-state index in [2.05, 4.69) is 5.32 Å². The molecule has 0 aromatic heterocycles. The number of hydrogen-bond donors (Lipinski definition) is 2. The molecular formula is C31H35NO7. The van der Waals surface area contributed by atoms with E-state index in [-0.39, 0.29) is 0 Å². The van der Waals surface area contributed by atoms with Crippen LogP contribution < -0.4 is 24.3 Å². The summed E-state index contributed by atoms with van der Waals surface area (Å²) in [5.74, 6) is 0.946. The van der Waals surface area contributed by atoms with Crippen molar-refractivity contribution in [2.75, 3.05) is 14.2 Å². The first-order valence-electron chi connectivity index (χ1n) is 12.4. The highest BCUT2D eigenvalue weighted by atomic mass is 16.5. The van der Waals surface area contributed by atoms with E-state index in [1.54, 1.807) is 40.2 Å². The second-order valence-corrected chi connectivity index (χ2v) is 9.98. The molecule has 0 spiro atoms. The maximum atomic E-state index is 12.6. The lowest BCUT2D eigenvalue weighted by Crippen LogP contribution is -2.57. The van der Waals surface area contributed by atoms with E-state index in [1.165, 1.54) is 13.8 Å². The number of hydrogen-bond acceptors (Lipinski definition) is 6. The van der Waals surface area contributed by atoms with Crippen LogP contribution in [0.2, 0.25) is 0 Å². The fourth-order valence-electron chi connectivity index (χ4n) is 3.45. The van der Waals surface area contributed by atoms with Gasteiger partial charge in [-0.3, -0.25) is 4.79 Å². The quantitative estimate of drug-likeness (QED) is 0.293. The summed E-state index contributed by atoms with van der Waals surface area (Å²) in [5.41, 5.74) is 0.172. The lowest BCUT2D eigenvalue weighted by Gasteiger charge is -2.30. The van der Waals surface area contributed by atoms with Crippen LogP contribution in [0, 0.1) is 0 Å². The minimum absolute atomic E-state index is 0.311. The molecule has 206 valence electrons. The maximum Gasteiger partial charge on any atom is 0.328 e. The first-order valence-corrected chi connectivity index (χ1v) is 12.4. The average molecular weight is 534 g/mol. The zero-order chi connectivity index (χ0) is 28.6. The number of carbonyl (C=O) groups excluding carboxylic acids is 1. The van der Waals surface area contributed by atoms with Gasteiger partial charge in [0, 0.05) is 6.07 Å². The van der Waals surface area contributed by atoms with Gasteiger partial charge in [0.05, 0.1) is 14.2 Å². The van der Waals surface area contributed by atoms with Crippen molar-refractivity contribution < 1.29 is 33.6 Å². The van der Waals surface area contributed by atoms with Gasteiger partial charge in [0.25, 0.3) is 5.91 Å². The summed E-state index contributed by atoms with van der Waals surface area (Å²) in [4.78, 5) is 23.9. The summed E-state index contributed by atoms with van der Waals surface area (Å²) in [6.45, 7) is 6.31. The third kappa shape index (κ3) is 8.26. The zero-order valence-electron chi connectivity index (χ0n) is 23.1. The summed E-state index contributed by atoms with van der Waals surface area (Å²) >= 11 is 0. The van der Waals surface area contributed by atoms with Gasteiger partial charge in [-0.25, -0.2) is 4.79 Å². The van der Waals surface area contributed by atoms with Gasteiger partial charge in [0.15, 0.2) is 5.60 Å². The predicted octanol–water partition coefficient (Wildman–Crippen LogP) is 5.59. The molecule has 3 aromatic rings. The number of rotatable bonds is 12. The second-order valence-electron chi connectivity index (χ2n) is 9.98. The van der Waals surface area contributed by atoms with Crippen LogP contribution in [0.15, 0.2) is 66.7 Å². The number of aliphatic carboxylic acids is 1. The molecule has 0 fully saturated rings. The summed E-state index contributed by atoms with van der Waals surface area (Å²) in [7, 11) is 3.25. The van der Waals surface area contributed by atoms with Crippen molar-refractivity contribution in [2.24, 2.45) is 0 Å². The number of carboxylic acid groups (broad SMARTS) is 1. The summed E-state index contributed by atoms with van der Waals surface area (Å²) in [5, 5.41) is 11.8. The van der Waals surface area contributed by atoms with Gasteiger partial charge in [0.2, 0.25) is 0 Å². The fourth-order valence-corrected chi connectivity index (χ4v) is 3.45. The zero-order valence-corrected chi connectivity index (χ0v) is 23.1. The standard InChI is InChI=1S/C31H35NO7/c1-30(2,29(34)35)32-28(33)31(3,4)39-25-15-11-22(12-16-25)20-38-27-18-23(17-26(19-27)37-6)8-7-21-9-13-24(36-5)14-10-21/h7-19H,20H2,1-6H3,(H,32,33)(H,34,35)/b8-7+. The summed E-state index contributed by atoms with van der Waals surface area (Å²) in [6.07, 6.45) is 3.99. The molecule has 8 heteroatoms. The highest BCUT2D eigenvalue weighted by Gasteiger charge is 2.37. The van der Waals surface area contributed by atoms with E-state index in [1.807, 2.05) is 66.7 Å². The Kier molecular flexibility index (Phi) is 9.24.